The average Bonchev–Trinajstić information content (AvgIpc) is 2.87. The Morgan fingerprint density at radius 2 is 1.86 bits per heavy atom. The molecule has 0 atom stereocenters. The van der Waals surface area contributed by atoms with E-state index < -0.39 is 0 Å². The Hall–Kier alpha value is -2.82. The number of hydrogen-bond acceptors (Lipinski definition) is 3. The summed E-state index contributed by atoms with van der Waals surface area (Å²) >= 11 is 0. The smallest absolute Gasteiger partial charge is 0.340 e. The molecule has 0 aliphatic rings. The molecule has 3 rings (SSSR count). The molecular formula is C17H16N2O3. The fourth-order valence-electron chi connectivity index (χ4n) is 2.65. The Kier molecular flexibility index (Phi) is 3.33. The van der Waals surface area contributed by atoms with Crippen molar-refractivity contribution in [3.63, 3.8) is 0 Å². The number of hydrogen-bond donors (Lipinski definition) is 0. The Bertz CT molecular complexity index is 893. The van der Waals surface area contributed by atoms with Gasteiger partial charge in [-0.05, 0) is 24.3 Å². The van der Waals surface area contributed by atoms with Gasteiger partial charge in [-0.25, -0.2) is 4.79 Å². The van der Waals surface area contributed by atoms with Crippen LogP contribution in [0.25, 0.3) is 16.4 Å². The molecule has 0 aliphatic heterocycles. The zero-order valence-electron chi connectivity index (χ0n) is 12.7. The van der Waals surface area contributed by atoms with Gasteiger partial charge in [-0.2, -0.15) is 0 Å². The van der Waals surface area contributed by atoms with Crippen LogP contribution in [0.4, 0.5) is 0 Å². The number of benzene rings is 1. The zero-order chi connectivity index (χ0) is 15.9. The molecule has 5 nitrogen and oxygen atoms in total. The van der Waals surface area contributed by atoms with Crippen LogP contribution in [0.1, 0.15) is 20.7 Å². The summed E-state index contributed by atoms with van der Waals surface area (Å²) in [5.74, 6) is -0.460. The van der Waals surface area contributed by atoms with E-state index in [1.807, 2.05) is 28.8 Å². The molecule has 0 N–H and O–H groups in total. The Balaban J connectivity index is 2.36. The molecule has 0 bridgehead atoms. The third-order valence-corrected chi connectivity index (χ3v) is 3.69. The van der Waals surface area contributed by atoms with Crippen molar-refractivity contribution in [3.05, 3.63) is 53.7 Å². The topological polar surface area (TPSA) is 51.0 Å². The predicted octanol–water partition coefficient (Wildman–Crippen LogP) is 2.58. The molecule has 5 heteroatoms. The zero-order valence-corrected chi connectivity index (χ0v) is 12.7. The van der Waals surface area contributed by atoms with Gasteiger partial charge < -0.3 is 14.0 Å². The summed E-state index contributed by atoms with van der Waals surface area (Å²) in [5, 5.41) is 0.772. The predicted molar refractivity (Wildman–Crippen MR) is 84.3 cm³/mol. The van der Waals surface area contributed by atoms with Gasteiger partial charge in [0.2, 0.25) is 0 Å². The first kappa shape index (κ1) is 14.1. The molecule has 0 unspecified atom stereocenters. The highest BCUT2D eigenvalue weighted by Crippen LogP contribution is 2.28. The van der Waals surface area contributed by atoms with Gasteiger partial charge in [0.05, 0.1) is 23.7 Å². The van der Waals surface area contributed by atoms with Crippen molar-refractivity contribution in [3.8, 4) is 0 Å². The third-order valence-electron chi connectivity index (χ3n) is 3.69. The van der Waals surface area contributed by atoms with Gasteiger partial charge in [0.25, 0.3) is 5.91 Å². The number of rotatable bonds is 2. The first-order valence-corrected chi connectivity index (χ1v) is 6.87. The minimum atomic E-state index is -0.384. The molecule has 1 amide bonds. The number of carbonyl (C=O) groups excluding carboxylic acids is 2. The van der Waals surface area contributed by atoms with Crippen LogP contribution in [-0.2, 0) is 4.74 Å². The number of aromatic nitrogens is 1. The van der Waals surface area contributed by atoms with Crippen molar-refractivity contribution in [1.82, 2.24) is 9.30 Å². The number of methoxy groups -OCH3 is 1. The van der Waals surface area contributed by atoms with E-state index in [4.69, 9.17) is 4.74 Å². The highest BCUT2D eigenvalue weighted by Gasteiger charge is 2.20. The van der Waals surface area contributed by atoms with Crippen molar-refractivity contribution in [2.24, 2.45) is 0 Å². The summed E-state index contributed by atoms with van der Waals surface area (Å²) in [7, 11) is 4.79. The van der Waals surface area contributed by atoms with Crippen molar-refractivity contribution < 1.29 is 14.3 Å². The number of fused-ring (bicyclic) bond motifs is 3. The molecule has 0 saturated heterocycles. The lowest BCUT2D eigenvalue weighted by Crippen LogP contribution is -2.21. The van der Waals surface area contributed by atoms with E-state index in [0.717, 1.165) is 16.4 Å². The van der Waals surface area contributed by atoms with Crippen LogP contribution in [0.5, 0.6) is 0 Å². The molecule has 3 aromatic rings. The van der Waals surface area contributed by atoms with E-state index in [-0.39, 0.29) is 11.9 Å². The van der Waals surface area contributed by atoms with Crippen LogP contribution < -0.4 is 0 Å². The monoisotopic (exact) mass is 296 g/mol. The lowest BCUT2D eigenvalue weighted by Gasteiger charge is -2.10. The van der Waals surface area contributed by atoms with E-state index in [1.165, 1.54) is 12.0 Å². The van der Waals surface area contributed by atoms with E-state index in [9.17, 15) is 9.59 Å². The van der Waals surface area contributed by atoms with E-state index in [2.05, 4.69) is 0 Å². The van der Waals surface area contributed by atoms with Gasteiger partial charge in [-0.3, -0.25) is 4.79 Å². The van der Waals surface area contributed by atoms with Gasteiger partial charge in [-0.15, -0.1) is 0 Å². The molecule has 0 aliphatic carbocycles. The molecule has 0 radical (unpaired) electrons. The van der Waals surface area contributed by atoms with Crippen molar-refractivity contribution in [2.45, 2.75) is 0 Å². The van der Waals surface area contributed by atoms with Crippen LogP contribution in [0, 0.1) is 0 Å². The molecule has 2 aromatic heterocycles. The summed E-state index contributed by atoms with van der Waals surface area (Å²) < 4.78 is 6.80. The minimum absolute atomic E-state index is 0.0765. The van der Waals surface area contributed by atoms with Gasteiger partial charge >= 0.3 is 5.97 Å². The average molecular weight is 296 g/mol. The second-order valence-corrected chi connectivity index (χ2v) is 5.25. The summed E-state index contributed by atoms with van der Waals surface area (Å²) in [4.78, 5) is 25.8. The summed E-state index contributed by atoms with van der Waals surface area (Å²) in [5.41, 5.74) is 2.67. The van der Waals surface area contributed by atoms with Crippen LogP contribution in [-0.4, -0.2) is 42.4 Å². The van der Waals surface area contributed by atoms with Gasteiger partial charge in [0.15, 0.2) is 0 Å². The maximum atomic E-state index is 12.1. The second kappa shape index (κ2) is 5.18. The maximum absolute atomic E-state index is 12.1. The molecule has 1 aromatic carbocycles. The fourth-order valence-corrected chi connectivity index (χ4v) is 2.65. The normalized spacial score (nSPS) is 10.9. The standard InChI is InChI=1S/C17H16N2O3/c1-18(2)16(20)11-7-8-12-14(10-11)19-9-5-4-6-13(19)15(12)17(21)22-3/h4-10H,1-3H3. The third kappa shape index (κ3) is 2.02. The number of carbonyl (C=O) groups is 2. The largest absolute Gasteiger partial charge is 0.465 e. The highest BCUT2D eigenvalue weighted by molar-refractivity contribution is 6.12. The Morgan fingerprint density at radius 3 is 2.55 bits per heavy atom. The molecule has 22 heavy (non-hydrogen) atoms. The second-order valence-electron chi connectivity index (χ2n) is 5.25. The van der Waals surface area contributed by atoms with Crippen LogP contribution >= 0.6 is 0 Å². The Morgan fingerprint density at radius 1 is 1.09 bits per heavy atom. The lowest BCUT2D eigenvalue weighted by molar-refractivity contribution is 0.0605. The van der Waals surface area contributed by atoms with E-state index in [0.29, 0.717) is 11.1 Å². The number of pyridine rings is 1. The van der Waals surface area contributed by atoms with Crippen LogP contribution in [0.2, 0.25) is 0 Å². The van der Waals surface area contributed by atoms with Crippen LogP contribution in [0.3, 0.4) is 0 Å². The van der Waals surface area contributed by atoms with Gasteiger partial charge in [0, 0.05) is 31.2 Å². The molecule has 0 spiro atoms. The lowest BCUT2D eigenvalue weighted by atomic mass is 10.1. The maximum Gasteiger partial charge on any atom is 0.340 e. The molecule has 0 fully saturated rings. The molecule has 112 valence electrons. The Labute approximate surface area is 127 Å². The van der Waals surface area contributed by atoms with Gasteiger partial charge in [-0.1, -0.05) is 12.1 Å². The number of ether oxygens (including phenoxy) is 1. The number of amides is 1. The summed E-state index contributed by atoms with van der Waals surface area (Å²) in [6, 6.07) is 10.9. The van der Waals surface area contributed by atoms with Crippen molar-refractivity contribution in [1.29, 1.82) is 0 Å². The first-order chi connectivity index (χ1) is 10.5. The highest BCUT2D eigenvalue weighted by atomic mass is 16.5. The van der Waals surface area contributed by atoms with E-state index >= 15 is 0 Å². The van der Waals surface area contributed by atoms with E-state index in [1.54, 1.807) is 32.3 Å². The molecule has 2 heterocycles. The molecule has 0 saturated carbocycles. The summed E-state index contributed by atoms with van der Waals surface area (Å²) in [6.45, 7) is 0. The van der Waals surface area contributed by atoms with Gasteiger partial charge in [0.1, 0.15) is 0 Å². The minimum Gasteiger partial charge on any atom is -0.465 e. The fraction of sp³-hybridized carbons (Fsp3) is 0.176. The first-order valence-electron chi connectivity index (χ1n) is 6.87. The number of esters is 1. The number of nitrogens with zero attached hydrogens (tertiary/aromatic N) is 2. The van der Waals surface area contributed by atoms with Crippen molar-refractivity contribution in [2.75, 3.05) is 21.2 Å². The van der Waals surface area contributed by atoms with Crippen molar-refractivity contribution >= 4 is 28.3 Å². The molecular weight excluding hydrogens is 280 g/mol. The SMILES string of the molecule is COC(=O)c1c2ccc(C(=O)N(C)C)cc2n2ccccc12. The summed E-state index contributed by atoms with van der Waals surface area (Å²) in [6.07, 6.45) is 1.87. The quantitative estimate of drug-likeness (QED) is 0.683. The van der Waals surface area contributed by atoms with Crippen LogP contribution in [0.15, 0.2) is 42.6 Å².